The number of aromatic nitrogens is 4. The summed E-state index contributed by atoms with van der Waals surface area (Å²) in [6, 6.07) is 6.90. The second-order valence-electron chi connectivity index (χ2n) is 6.74. The molecular formula is C19H17F2N5S2. The summed E-state index contributed by atoms with van der Waals surface area (Å²) >= 11 is 2.88. The molecule has 0 bridgehead atoms. The molecule has 9 heteroatoms. The van der Waals surface area contributed by atoms with Crippen molar-refractivity contribution in [1.29, 1.82) is 0 Å². The summed E-state index contributed by atoms with van der Waals surface area (Å²) in [5.41, 5.74) is 8.50. The minimum absolute atomic E-state index is 0.254. The molecule has 5 nitrogen and oxygen atoms in total. The van der Waals surface area contributed by atoms with Crippen molar-refractivity contribution < 1.29 is 8.78 Å². The topological polar surface area (TPSA) is 69.6 Å². The lowest BCUT2D eigenvalue weighted by molar-refractivity contribution is 0.0656. The highest BCUT2D eigenvalue weighted by molar-refractivity contribution is 7.98. The van der Waals surface area contributed by atoms with Gasteiger partial charge in [0.15, 0.2) is 5.16 Å². The Bertz CT molecular complexity index is 1180. The number of aryl methyl sites for hydroxylation is 2. The Morgan fingerprint density at radius 3 is 2.82 bits per heavy atom. The first-order chi connectivity index (χ1) is 13.6. The number of halogens is 2. The van der Waals surface area contributed by atoms with Crippen LogP contribution in [0.5, 0.6) is 0 Å². The third-order valence-corrected chi connectivity index (χ3v) is 7.11. The van der Waals surface area contributed by atoms with Gasteiger partial charge in [-0.05, 0) is 43.4 Å². The van der Waals surface area contributed by atoms with Crippen LogP contribution in [-0.2, 0) is 18.6 Å². The lowest BCUT2D eigenvalue weighted by Gasteiger charge is -2.10. The fourth-order valence-electron chi connectivity index (χ4n) is 3.74. The molecule has 0 radical (unpaired) electrons. The summed E-state index contributed by atoms with van der Waals surface area (Å²) in [5.74, 6) is 1.36. The van der Waals surface area contributed by atoms with Gasteiger partial charge in [0.1, 0.15) is 16.5 Å². The summed E-state index contributed by atoms with van der Waals surface area (Å²) < 4.78 is 28.1. The third-order valence-electron chi connectivity index (χ3n) is 4.98. The number of rotatable bonds is 4. The van der Waals surface area contributed by atoms with E-state index in [1.807, 2.05) is 0 Å². The molecule has 4 aromatic rings. The molecule has 0 amide bonds. The van der Waals surface area contributed by atoms with Crippen molar-refractivity contribution in [2.75, 3.05) is 5.73 Å². The number of para-hydroxylation sites is 2. The average Bonchev–Trinajstić information content (AvgIpc) is 3.24. The maximum absolute atomic E-state index is 13.6. The van der Waals surface area contributed by atoms with Crippen LogP contribution in [0.25, 0.3) is 21.3 Å². The molecule has 5 rings (SSSR count). The largest absolute Gasteiger partial charge is 0.383 e. The van der Waals surface area contributed by atoms with Crippen LogP contribution in [0, 0.1) is 0 Å². The monoisotopic (exact) mass is 417 g/mol. The van der Waals surface area contributed by atoms with E-state index in [0.29, 0.717) is 28.4 Å². The number of hydrogen-bond donors (Lipinski definition) is 1. The normalized spacial score (nSPS) is 14.2. The van der Waals surface area contributed by atoms with E-state index in [9.17, 15) is 8.78 Å². The number of thiophene rings is 1. The molecule has 0 aliphatic heterocycles. The number of nitrogens with two attached hydrogens (primary N) is 1. The standard InChI is InChI=1S/C19H17F2N5S2/c20-18(21)26-12-7-3-2-6-11(12)23-19(26)27-9-14-24-16(22)15-10-5-1-4-8-13(10)28-17(15)25-14/h2-3,6-7,18H,1,4-5,8-9H2,(H2,22,24,25). The Morgan fingerprint density at radius 2 is 1.96 bits per heavy atom. The van der Waals surface area contributed by atoms with Crippen molar-refractivity contribution in [3.8, 4) is 0 Å². The van der Waals surface area contributed by atoms with Crippen LogP contribution in [0.1, 0.15) is 35.7 Å². The summed E-state index contributed by atoms with van der Waals surface area (Å²) in [4.78, 5) is 15.7. The summed E-state index contributed by atoms with van der Waals surface area (Å²) in [5, 5.41) is 1.23. The average molecular weight is 418 g/mol. The zero-order chi connectivity index (χ0) is 19.3. The molecule has 0 saturated carbocycles. The van der Waals surface area contributed by atoms with Gasteiger partial charge in [-0.25, -0.2) is 15.0 Å². The van der Waals surface area contributed by atoms with Crippen LogP contribution in [0.4, 0.5) is 14.6 Å². The van der Waals surface area contributed by atoms with Gasteiger partial charge >= 0.3 is 6.55 Å². The molecule has 0 atom stereocenters. The summed E-state index contributed by atoms with van der Waals surface area (Å²) in [6.07, 6.45) is 4.45. The fraction of sp³-hybridized carbons (Fsp3) is 0.316. The number of thioether (sulfide) groups is 1. The smallest absolute Gasteiger partial charge is 0.321 e. The van der Waals surface area contributed by atoms with Crippen LogP contribution in [-0.4, -0.2) is 19.5 Å². The maximum atomic E-state index is 13.6. The molecule has 2 N–H and O–H groups in total. The first kappa shape index (κ1) is 17.8. The van der Waals surface area contributed by atoms with E-state index in [1.54, 1.807) is 35.6 Å². The zero-order valence-corrected chi connectivity index (χ0v) is 16.5. The number of nitrogen functional groups attached to an aromatic ring is 1. The van der Waals surface area contributed by atoms with Gasteiger partial charge in [-0.1, -0.05) is 23.9 Å². The number of nitrogens with zero attached hydrogens (tertiary/aromatic N) is 4. The Labute approximate surface area is 168 Å². The number of fused-ring (bicyclic) bond motifs is 4. The maximum Gasteiger partial charge on any atom is 0.321 e. The molecule has 1 aromatic carbocycles. The van der Waals surface area contributed by atoms with Crippen LogP contribution in [0.2, 0.25) is 0 Å². The lowest BCUT2D eigenvalue weighted by Crippen LogP contribution is -2.03. The number of benzene rings is 1. The van der Waals surface area contributed by atoms with Gasteiger partial charge in [-0.2, -0.15) is 8.78 Å². The molecule has 1 aliphatic carbocycles. The highest BCUT2D eigenvalue weighted by Crippen LogP contribution is 2.38. The van der Waals surface area contributed by atoms with Gasteiger partial charge in [0.2, 0.25) is 0 Å². The molecular weight excluding hydrogens is 400 g/mol. The van der Waals surface area contributed by atoms with E-state index in [-0.39, 0.29) is 5.16 Å². The van der Waals surface area contributed by atoms with E-state index in [1.165, 1.54) is 35.0 Å². The molecule has 1 aliphatic rings. The first-order valence-electron chi connectivity index (χ1n) is 9.06. The van der Waals surface area contributed by atoms with Crippen LogP contribution in [0.3, 0.4) is 0 Å². The van der Waals surface area contributed by atoms with Crippen molar-refractivity contribution in [2.24, 2.45) is 0 Å². The molecule has 0 unspecified atom stereocenters. The minimum atomic E-state index is -2.66. The van der Waals surface area contributed by atoms with Gasteiger partial charge in [0.25, 0.3) is 0 Å². The predicted octanol–water partition coefficient (Wildman–Crippen LogP) is 5.19. The van der Waals surface area contributed by atoms with Gasteiger partial charge in [-0.3, -0.25) is 4.57 Å². The van der Waals surface area contributed by atoms with Crippen LogP contribution < -0.4 is 5.73 Å². The number of hydrogen-bond acceptors (Lipinski definition) is 6. The molecule has 3 heterocycles. The van der Waals surface area contributed by atoms with Crippen molar-refractivity contribution in [3.05, 3.63) is 40.5 Å². The highest BCUT2D eigenvalue weighted by Gasteiger charge is 2.21. The lowest BCUT2D eigenvalue weighted by atomic mass is 9.97. The molecule has 144 valence electrons. The van der Waals surface area contributed by atoms with Crippen molar-refractivity contribution in [1.82, 2.24) is 19.5 Å². The predicted molar refractivity (Wildman–Crippen MR) is 109 cm³/mol. The molecule has 28 heavy (non-hydrogen) atoms. The van der Waals surface area contributed by atoms with E-state index in [0.717, 1.165) is 27.6 Å². The second-order valence-corrected chi connectivity index (χ2v) is 8.76. The number of anilines is 1. The van der Waals surface area contributed by atoms with Crippen molar-refractivity contribution in [3.63, 3.8) is 0 Å². The molecule has 0 spiro atoms. The third kappa shape index (κ3) is 2.93. The Morgan fingerprint density at radius 1 is 1.14 bits per heavy atom. The first-order valence-corrected chi connectivity index (χ1v) is 10.9. The van der Waals surface area contributed by atoms with Gasteiger partial charge < -0.3 is 5.73 Å². The van der Waals surface area contributed by atoms with Gasteiger partial charge in [0.05, 0.1) is 22.2 Å². The van der Waals surface area contributed by atoms with E-state index < -0.39 is 6.55 Å². The van der Waals surface area contributed by atoms with E-state index in [4.69, 9.17) is 5.73 Å². The number of alkyl halides is 2. The fourth-order valence-corrected chi connectivity index (χ4v) is 5.89. The van der Waals surface area contributed by atoms with Gasteiger partial charge in [0, 0.05) is 4.88 Å². The second kappa shape index (κ2) is 6.97. The summed E-state index contributed by atoms with van der Waals surface area (Å²) in [7, 11) is 0. The van der Waals surface area contributed by atoms with Crippen LogP contribution >= 0.6 is 23.1 Å². The SMILES string of the molecule is Nc1nc(CSc2nc3ccccc3n2C(F)F)nc2sc3c(c12)CCCC3. The van der Waals surface area contributed by atoms with E-state index in [2.05, 4.69) is 15.0 Å². The highest BCUT2D eigenvalue weighted by atomic mass is 32.2. The Hall–Kier alpha value is -2.26. The minimum Gasteiger partial charge on any atom is -0.383 e. The van der Waals surface area contributed by atoms with E-state index >= 15 is 0 Å². The number of imidazole rings is 1. The van der Waals surface area contributed by atoms with Crippen molar-refractivity contribution >= 4 is 50.2 Å². The van der Waals surface area contributed by atoms with Crippen molar-refractivity contribution in [2.45, 2.75) is 43.1 Å². The quantitative estimate of drug-likeness (QED) is 0.463. The van der Waals surface area contributed by atoms with Gasteiger partial charge in [-0.15, -0.1) is 11.3 Å². The Balaban J connectivity index is 1.48. The Kier molecular flexibility index (Phi) is 4.43. The molecule has 0 fully saturated rings. The summed E-state index contributed by atoms with van der Waals surface area (Å²) in [6.45, 7) is -2.66. The molecule has 0 saturated heterocycles. The molecule has 3 aromatic heterocycles. The zero-order valence-electron chi connectivity index (χ0n) is 14.9. The van der Waals surface area contributed by atoms with Crippen LogP contribution in [0.15, 0.2) is 29.4 Å².